The zero-order chi connectivity index (χ0) is 18.9. The smallest absolute Gasteiger partial charge is 0.137 e. The fraction of sp³-hybridized carbons (Fsp3) is 0.0909. The van der Waals surface area contributed by atoms with E-state index in [0.29, 0.717) is 5.02 Å². The Labute approximate surface area is 169 Å². The maximum atomic E-state index is 6.15. The van der Waals surface area contributed by atoms with Crippen LogP contribution in [0.2, 0.25) is 5.02 Å². The molecule has 1 aliphatic carbocycles. The molecule has 28 heavy (non-hydrogen) atoms. The van der Waals surface area contributed by atoms with Gasteiger partial charge in [-0.15, -0.1) is 0 Å². The predicted octanol–water partition coefficient (Wildman–Crippen LogP) is 4.50. The van der Waals surface area contributed by atoms with Gasteiger partial charge in [0, 0.05) is 10.9 Å². The quantitative estimate of drug-likeness (QED) is 0.663. The zero-order valence-electron chi connectivity index (χ0n) is 14.9. The summed E-state index contributed by atoms with van der Waals surface area (Å²) in [5, 5.41) is 12.3. The van der Waals surface area contributed by atoms with Crippen molar-refractivity contribution in [3.05, 3.63) is 109 Å². The van der Waals surface area contributed by atoms with Gasteiger partial charge in [0.1, 0.15) is 24.7 Å². The number of hydrogen-bond donors (Lipinski definition) is 0. The molecule has 0 N–H and O–H groups in total. The van der Waals surface area contributed by atoms with E-state index in [9.17, 15) is 0 Å². The molecule has 1 fully saturated rings. The van der Waals surface area contributed by atoms with Crippen molar-refractivity contribution < 1.29 is 0 Å². The van der Waals surface area contributed by atoms with E-state index < -0.39 is 0 Å². The summed E-state index contributed by atoms with van der Waals surface area (Å²) in [5.74, 6) is 1.08. The van der Waals surface area contributed by atoms with Gasteiger partial charge < -0.3 is 0 Å². The van der Waals surface area contributed by atoms with Crippen molar-refractivity contribution in [1.82, 2.24) is 14.8 Å². The van der Waals surface area contributed by atoms with Crippen molar-refractivity contribution in [2.75, 3.05) is 5.01 Å². The molecule has 0 spiro atoms. The van der Waals surface area contributed by atoms with Crippen LogP contribution < -0.4 is 5.01 Å². The number of halogens is 1. The lowest BCUT2D eigenvalue weighted by Crippen LogP contribution is -2.30. The van der Waals surface area contributed by atoms with Crippen LogP contribution in [0.4, 0.5) is 5.69 Å². The van der Waals surface area contributed by atoms with Crippen molar-refractivity contribution in [3.63, 3.8) is 0 Å². The Balaban J connectivity index is 1.65. The molecule has 1 aliphatic heterocycles. The number of hydrogen-bond acceptors (Lipinski definition) is 4. The highest BCUT2D eigenvalue weighted by molar-refractivity contribution is 6.30. The van der Waals surface area contributed by atoms with Gasteiger partial charge in [0.15, 0.2) is 0 Å². The van der Waals surface area contributed by atoms with Gasteiger partial charge in [-0.2, -0.15) is 10.2 Å². The largest absolute Gasteiger partial charge is 0.255 e. The van der Waals surface area contributed by atoms with Crippen molar-refractivity contribution in [2.24, 2.45) is 5.10 Å². The topological polar surface area (TPSA) is 46.3 Å². The molecule has 2 aliphatic rings. The molecule has 0 bridgehead atoms. The number of rotatable bonds is 4. The van der Waals surface area contributed by atoms with E-state index in [-0.39, 0.29) is 12.1 Å². The zero-order valence-corrected chi connectivity index (χ0v) is 15.7. The molecule has 2 atom stereocenters. The van der Waals surface area contributed by atoms with E-state index in [1.807, 2.05) is 47.9 Å². The van der Waals surface area contributed by atoms with Crippen LogP contribution in [0.5, 0.6) is 0 Å². The van der Waals surface area contributed by atoms with Crippen LogP contribution in [-0.4, -0.2) is 20.5 Å². The fourth-order valence-corrected chi connectivity index (χ4v) is 3.83. The molecule has 1 aromatic heterocycles. The second kappa shape index (κ2) is 7.40. The van der Waals surface area contributed by atoms with Gasteiger partial charge >= 0.3 is 0 Å². The Hall–Kier alpha value is -2.66. The van der Waals surface area contributed by atoms with Crippen LogP contribution in [0.1, 0.15) is 17.6 Å². The first-order valence-corrected chi connectivity index (χ1v) is 9.43. The molecule has 5 nitrogen and oxygen atoms in total. The second-order valence-electron chi connectivity index (χ2n) is 6.66. The molecule has 5 radical (unpaired) electrons. The number of nitrogens with zero attached hydrogens (tertiary/aromatic N) is 5. The molecule has 5 rings (SSSR count). The van der Waals surface area contributed by atoms with Crippen LogP contribution in [0.3, 0.4) is 0 Å². The molecular formula is C22H17ClN5. The Morgan fingerprint density at radius 2 is 1.61 bits per heavy atom. The summed E-state index contributed by atoms with van der Waals surface area (Å²) in [6, 6.07) is 17.9. The summed E-state index contributed by atoms with van der Waals surface area (Å²) in [5.41, 5.74) is 3.09. The number of aromatic nitrogens is 3. The summed E-state index contributed by atoms with van der Waals surface area (Å²) in [6.45, 7) is 0. The minimum atomic E-state index is -0.119. The van der Waals surface area contributed by atoms with Gasteiger partial charge in [0.05, 0.1) is 11.4 Å². The summed E-state index contributed by atoms with van der Waals surface area (Å²) in [7, 11) is 0. The van der Waals surface area contributed by atoms with Crippen molar-refractivity contribution in [1.29, 1.82) is 0 Å². The van der Waals surface area contributed by atoms with Gasteiger partial charge in [0.2, 0.25) is 0 Å². The third kappa shape index (κ3) is 3.10. The number of anilines is 1. The van der Waals surface area contributed by atoms with E-state index in [0.717, 1.165) is 22.9 Å². The number of hydrazone groups is 1. The molecular weight excluding hydrogens is 370 g/mol. The molecule has 0 amide bonds. The SMILES string of the molecule is Clc1ccc([C@H]2[C@H](n3cncn3)C([C]3[CH][CH][CH][CH]3)=NN2c2ccccc2)cc1. The van der Waals surface area contributed by atoms with Crippen LogP contribution >= 0.6 is 11.6 Å². The summed E-state index contributed by atoms with van der Waals surface area (Å²) < 4.78 is 1.88. The van der Waals surface area contributed by atoms with Crippen molar-refractivity contribution in [3.8, 4) is 0 Å². The van der Waals surface area contributed by atoms with E-state index in [1.54, 1.807) is 12.7 Å². The minimum absolute atomic E-state index is 0.0775. The highest BCUT2D eigenvalue weighted by Crippen LogP contribution is 2.45. The van der Waals surface area contributed by atoms with E-state index in [1.165, 1.54) is 0 Å². The maximum absolute atomic E-state index is 6.15. The van der Waals surface area contributed by atoms with Crippen LogP contribution in [0, 0.1) is 31.6 Å². The third-order valence-corrected chi connectivity index (χ3v) is 5.22. The average Bonchev–Trinajstić information content (AvgIpc) is 3.48. The van der Waals surface area contributed by atoms with E-state index in [2.05, 4.69) is 52.2 Å². The first kappa shape index (κ1) is 17.4. The first-order chi connectivity index (χ1) is 13.8. The fourth-order valence-electron chi connectivity index (χ4n) is 3.71. The van der Waals surface area contributed by atoms with Gasteiger partial charge in [-0.05, 0) is 55.5 Å². The van der Waals surface area contributed by atoms with Gasteiger partial charge in [-0.3, -0.25) is 5.01 Å². The Morgan fingerprint density at radius 1 is 0.857 bits per heavy atom. The van der Waals surface area contributed by atoms with Crippen molar-refractivity contribution >= 4 is 23.0 Å². The average molecular weight is 387 g/mol. The standard InChI is InChI=1S/C22H17ClN5/c23-18-12-10-17(11-13-18)21-22(27-15-24-14-25-27)20(16-6-4-5-7-16)26-28(21)19-8-2-1-3-9-19/h1-15,21-22H/t21-,22+/m0/s1. The molecule has 3 aromatic rings. The lowest BCUT2D eigenvalue weighted by atomic mass is 9.89. The lowest BCUT2D eigenvalue weighted by Gasteiger charge is -2.29. The van der Waals surface area contributed by atoms with Gasteiger partial charge in [-0.1, -0.05) is 41.9 Å². The Kier molecular flexibility index (Phi) is 4.61. The number of para-hydroxylation sites is 1. The first-order valence-electron chi connectivity index (χ1n) is 9.06. The maximum Gasteiger partial charge on any atom is 0.137 e. The molecule has 0 unspecified atom stereocenters. The molecule has 137 valence electrons. The molecule has 0 saturated heterocycles. The summed E-state index contributed by atoms with van der Waals surface area (Å²) >= 11 is 6.15. The minimum Gasteiger partial charge on any atom is -0.255 e. The highest BCUT2D eigenvalue weighted by atomic mass is 35.5. The summed E-state index contributed by atoms with van der Waals surface area (Å²) in [6.07, 6.45) is 11.5. The molecule has 2 aromatic carbocycles. The lowest BCUT2D eigenvalue weighted by molar-refractivity contribution is 0.483. The monoisotopic (exact) mass is 386 g/mol. The molecule has 1 saturated carbocycles. The van der Waals surface area contributed by atoms with Crippen molar-refractivity contribution in [2.45, 2.75) is 12.1 Å². The van der Waals surface area contributed by atoms with Crippen LogP contribution in [0.15, 0.2) is 72.4 Å². The Bertz CT molecular complexity index is 946. The predicted molar refractivity (Wildman–Crippen MR) is 110 cm³/mol. The van der Waals surface area contributed by atoms with Crippen LogP contribution in [0.25, 0.3) is 0 Å². The van der Waals surface area contributed by atoms with Gasteiger partial charge in [0.25, 0.3) is 0 Å². The molecule has 6 heteroatoms. The third-order valence-electron chi connectivity index (χ3n) is 4.97. The van der Waals surface area contributed by atoms with E-state index >= 15 is 0 Å². The summed E-state index contributed by atoms with van der Waals surface area (Å²) in [4.78, 5) is 4.18. The molecule has 2 heterocycles. The highest BCUT2D eigenvalue weighted by Gasteiger charge is 2.44. The second-order valence-corrected chi connectivity index (χ2v) is 7.09. The van der Waals surface area contributed by atoms with Crippen LogP contribution in [-0.2, 0) is 0 Å². The normalized spacial score (nSPS) is 22.6. The number of benzene rings is 2. The van der Waals surface area contributed by atoms with Gasteiger partial charge in [-0.25, -0.2) is 9.67 Å². The van der Waals surface area contributed by atoms with E-state index in [4.69, 9.17) is 16.7 Å². The Morgan fingerprint density at radius 3 is 2.29 bits per heavy atom.